The van der Waals surface area contributed by atoms with Crippen molar-refractivity contribution in [3.63, 3.8) is 0 Å². The Kier molecular flexibility index (Phi) is 5.38. The average molecular weight is 272 g/mol. The van der Waals surface area contributed by atoms with Crippen molar-refractivity contribution in [1.29, 1.82) is 0 Å². The lowest BCUT2D eigenvalue weighted by Gasteiger charge is -2.14. The van der Waals surface area contributed by atoms with E-state index in [0.29, 0.717) is 5.88 Å². The highest BCUT2D eigenvalue weighted by atomic mass is 16.5. The molecule has 1 aromatic heterocycles. The molecule has 1 aromatic carbocycles. The molecule has 4 heteroatoms. The van der Waals surface area contributed by atoms with Gasteiger partial charge in [-0.25, -0.2) is 4.98 Å². The second-order valence-electron chi connectivity index (χ2n) is 4.58. The van der Waals surface area contributed by atoms with Crippen molar-refractivity contribution < 1.29 is 9.47 Å². The highest BCUT2D eigenvalue weighted by Gasteiger charge is 2.04. The van der Waals surface area contributed by atoms with Crippen LogP contribution >= 0.6 is 0 Å². The molecule has 1 N–H and O–H groups in total. The second kappa shape index (κ2) is 7.50. The van der Waals surface area contributed by atoms with Crippen molar-refractivity contribution in [1.82, 2.24) is 10.3 Å². The van der Waals surface area contributed by atoms with E-state index >= 15 is 0 Å². The molecule has 2 rings (SSSR count). The molecule has 0 unspecified atom stereocenters. The first-order chi connectivity index (χ1) is 9.78. The molecule has 4 nitrogen and oxygen atoms in total. The summed E-state index contributed by atoms with van der Waals surface area (Å²) in [6.07, 6.45) is 1.80. The molecule has 0 aliphatic rings. The van der Waals surface area contributed by atoms with Crippen LogP contribution in [0.25, 0.3) is 0 Å². The molecule has 0 bridgehead atoms. The second-order valence-corrected chi connectivity index (χ2v) is 4.58. The van der Waals surface area contributed by atoms with Gasteiger partial charge in [0.05, 0.1) is 7.11 Å². The lowest BCUT2D eigenvalue weighted by molar-refractivity contribution is 0.208. The third-order valence-corrected chi connectivity index (χ3v) is 2.88. The molecule has 2 aromatic rings. The third-order valence-electron chi connectivity index (χ3n) is 2.88. The summed E-state index contributed by atoms with van der Waals surface area (Å²) in [5, 5.41) is 3.37. The van der Waals surface area contributed by atoms with Gasteiger partial charge in [-0.3, -0.25) is 0 Å². The molecule has 0 radical (unpaired) electrons. The smallest absolute Gasteiger partial charge is 0.213 e. The van der Waals surface area contributed by atoms with Crippen LogP contribution in [-0.2, 0) is 6.54 Å². The Hall–Kier alpha value is -2.07. The van der Waals surface area contributed by atoms with Gasteiger partial charge in [0.15, 0.2) is 0 Å². The molecule has 1 atom stereocenters. The first-order valence-corrected chi connectivity index (χ1v) is 6.69. The predicted molar refractivity (Wildman–Crippen MR) is 79.0 cm³/mol. The van der Waals surface area contributed by atoms with Crippen LogP contribution in [0.2, 0.25) is 0 Å². The van der Waals surface area contributed by atoms with Crippen LogP contribution in [0, 0.1) is 0 Å². The predicted octanol–water partition coefficient (Wildman–Crippen LogP) is 2.65. The van der Waals surface area contributed by atoms with E-state index in [2.05, 4.69) is 22.4 Å². The molecule has 106 valence electrons. The summed E-state index contributed by atoms with van der Waals surface area (Å²) in [6.45, 7) is 3.60. The van der Waals surface area contributed by atoms with E-state index in [1.54, 1.807) is 13.3 Å². The van der Waals surface area contributed by atoms with Crippen molar-refractivity contribution in [3.05, 3.63) is 54.2 Å². The maximum absolute atomic E-state index is 5.70. The molecule has 0 aliphatic carbocycles. The SMILES string of the molecule is COc1ccc(CNC[C@@H](C)Oc2ccccn2)cc1. The number of nitrogens with zero attached hydrogens (tertiary/aromatic N) is 1. The average Bonchev–Trinajstić information content (AvgIpc) is 2.49. The highest BCUT2D eigenvalue weighted by molar-refractivity contribution is 5.27. The number of rotatable bonds is 7. The van der Waals surface area contributed by atoms with Gasteiger partial charge in [-0.2, -0.15) is 0 Å². The van der Waals surface area contributed by atoms with Gasteiger partial charge in [0.2, 0.25) is 5.88 Å². The van der Waals surface area contributed by atoms with Gasteiger partial charge in [0.1, 0.15) is 11.9 Å². The zero-order chi connectivity index (χ0) is 14.2. The molecular formula is C16H20N2O2. The quantitative estimate of drug-likeness (QED) is 0.841. The summed E-state index contributed by atoms with van der Waals surface area (Å²) in [6, 6.07) is 13.7. The van der Waals surface area contributed by atoms with Gasteiger partial charge < -0.3 is 14.8 Å². The van der Waals surface area contributed by atoms with Crippen LogP contribution in [0.1, 0.15) is 12.5 Å². The highest BCUT2D eigenvalue weighted by Crippen LogP contribution is 2.11. The number of aromatic nitrogens is 1. The largest absolute Gasteiger partial charge is 0.497 e. The van der Waals surface area contributed by atoms with Crippen molar-refractivity contribution in [3.8, 4) is 11.6 Å². The van der Waals surface area contributed by atoms with Crippen molar-refractivity contribution in [2.45, 2.75) is 19.6 Å². The fourth-order valence-electron chi connectivity index (χ4n) is 1.83. The third kappa shape index (κ3) is 4.55. The van der Waals surface area contributed by atoms with E-state index in [4.69, 9.17) is 9.47 Å². The zero-order valence-electron chi connectivity index (χ0n) is 11.9. The summed E-state index contributed by atoms with van der Waals surface area (Å²) >= 11 is 0. The van der Waals surface area contributed by atoms with Gasteiger partial charge in [-0.1, -0.05) is 18.2 Å². The first-order valence-electron chi connectivity index (χ1n) is 6.69. The van der Waals surface area contributed by atoms with Crippen LogP contribution in [-0.4, -0.2) is 24.7 Å². The Morgan fingerprint density at radius 1 is 1.15 bits per heavy atom. The number of pyridine rings is 1. The van der Waals surface area contributed by atoms with Gasteiger partial charge in [0.25, 0.3) is 0 Å². The van der Waals surface area contributed by atoms with Crippen molar-refractivity contribution in [2.75, 3.05) is 13.7 Å². The molecule has 1 heterocycles. The monoisotopic (exact) mass is 272 g/mol. The van der Waals surface area contributed by atoms with Gasteiger partial charge >= 0.3 is 0 Å². The van der Waals surface area contributed by atoms with Crippen LogP contribution < -0.4 is 14.8 Å². The van der Waals surface area contributed by atoms with Crippen LogP contribution in [0.5, 0.6) is 11.6 Å². The number of benzene rings is 1. The molecule has 20 heavy (non-hydrogen) atoms. The molecule has 0 spiro atoms. The molecule has 0 amide bonds. The Morgan fingerprint density at radius 2 is 1.95 bits per heavy atom. The van der Waals surface area contributed by atoms with E-state index in [1.165, 1.54) is 5.56 Å². The summed E-state index contributed by atoms with van der Waals surface area (Å²) in [5.41, 5.74) is 1.22. The number of ether oxygens (including phenoxy) is 2. The Morgan fingerprint density at radius 3 is 2.60 bits per heavy atom. The Balaban J connectivity index is 1.72. The van der Waals surface area contributed by atoms with E-state index in [0.717, 1.165) is 18.8 Å². The maximum atomic E-state index is 5.70. The topological polar surface area (TPSA) is 43.4 Å². The van der Waals surface area contributed by atoms with Gasteiger partial charge in [-0.15, -0.1) is 0 Å². The minimum absolute atomic E-state index is 0.0724. The summed E-state index contributed by atoms with van der Waals surface area (Å²) in [7, 11) is 1.67. The summed E-state index contributed by atoms with van der Waals surface area (Å²) in [5.74, 6) is 1.53. The van der Waals surface area contributed by atoms with Crippen molar-refractivity contribution in [2.24, 2.45) is 0 Å². The zero-order valence-corrected chi connectivity index (χ0v) is 11.9. The molecule has 0 saturated heterocycles. The minimum Gasteiger partial charge on any atom is -0.497 e. The molecule has 0 aliphatic heterocycles. The number of nitrogens with one attached hydrogen (secondary N) is 1. The summed E-state index contributed by atoms with van der Waals surface area (Å²) < 4.78 is 10.8. The van der Waals surface area contributed by atoms with Gasteiger partial charge in [0, 0.05) is 25.4 Å². The van der Waals surface area contributed by atoms with E-state index in [-0.39, 0.29) is 6.10 Å². The van der Waals surface area contributed by atoms with E-state index in [1.807, 2.05) is 37.3 Å². The maximum Gasteiger partial charge on any atom is 0.213 e. The van der Waals surface area contributed by atoms with E-state index < -0.39 is 0 Å². The lowest BCUT2D eigenvalue weighted by atomic mass is 10.2. The van der Waals surface area contributed by atoms with Crippen molar-refractivity contribution >= 4 is 0 Å². The number of hydrogen-bond acceptors (Lipinski definition) is 4. The summed E-state index contributed by atoms with van der Waals surface area (Å²) in [4.78, 5) is 4.14. The number of hydrogen-bond donors (Lipinski definition) is 1. The fourth-order valence-corrected chi connectivity index (χ4v) is 1.83. The number of methoxy groups -OCH3 is 1. The Bertz CT molecular complexity index is 500. The van der Waals surface area contributed by atoms with Crippen LogP contribution in [0.4, 0.5) is 0 Å². The van der Waals surface area contributed by atoms with Gasteiger partial charge in [-0.05, 0) is 30.7 Å². The molecule has 0 fully saturated rings. The molecular weight excluding hydrogens is 252 g/mol. The normalized spacial score (nSPS) is 11.9. The van der Waals surface area contributed by atoms with Crippen LogP contribution in [0.15, 0.2) is 48.7 Å². The van der Waals surface area contributed by atoms with Crippen LogP contribution in [0.3, 0.4) is 0 Å². The molecule has 0 saturated carbocycles. The Labute approximate surface area is 119 Å². The standard InChI is InChI=1S/C16H20N2O2/c1-13(20-16-5-3-4-10-18-16)11-17-12-14-6-8-15(19-2)9-7-14/h3-10,13,17H,11-12H2,1-2H3/t13-/m1/s1. The van der Waals surface area contributed by atoms with E-state index in [9.17, 15) is 0 Å². The minimum atomic E-state index is 0.0724. The lowest BCUT2D eigenvalue weighted by Crippen LogP contribution is -2.28. The fraction of sp³-hybridized carbons (Fsp3) is 0.312. The first kappa shape index (κ1) is 14.3.